The number of anilines is 3. The molecule has 1 saturated heterocycles. The van der Waals surface area contributed by atoms with Crippen LogP contribution in [0.5, 0.6) is 0 Å². The Balaban J connectivity index is 1.73. The fourth-order valence-corrected chi connectivity index (χ4v) is 2.86. The Morgan fingerprint density at radius 2 is 1.52 bits per heavy atom. The molecule has 0 aromatic heterocycles. The minimum absolute atomic E-state index is 0.147. The molecule has 0 unspecified atom stereocenters. The maximum absolute atomic E-state index is 13.8. The maximum Gasteiger partial charge on any atom is 0.146 e. The Labute approximate surface area is 124 Å². The fourth-order valence-electron chi connectivity index (χ4n) is 2.86. The molecule has 0 spiro atoms. The number of benzene rings is 2. The summed E-state index contributed by atoms with van der Waals surface area (Å²) in [7, 11) is 0. The van der Waals surface area contributed by atoms with Crippen molar-refractivity contribution in [1.29, 1.82) is 0 Å². The smallest absolute Gasteiger partial charge is 0.146 e. The molecule has 0 atom stereocenters. The number of piperazine rings is 1. The van der Waals surface area contributed by atoms with Crippen molar-refractivity contribution in [1.82, 2.24) is 0 Å². The second-order valence-corrected chi connectivity index (χ2v) is 5.47. The second-order valence-electron chi connectivity index (χ2n) is 5.47. The van der Waals surface area contributed by atoms with Crippen molar-refractivity contribution in [2.75, 3.05) is 41.7 Å². The monoisotopic (exact) mass is 285 g/mol. The standard InChI is InChI=1S/C17H20FN3/c1-13-6-7-14(19)12-17(13)21-10-8-20(9-11-21)16-5-3-2-4-15(16)18/h2-7,12H,8-11,19H2,1H3. The summed E-state index contributed by atoms with van der Waals surface area (Å²) >= 11 is 0. The predicted molar refractivity (Wildman–Crippen MR) is 86.4 cm³/mol. The van der Waals surface area contributed by atoms with E-state index in [2.05, 4.69) is 16.7 Å². The zero-order chi connectivity index (χ0) is 14.8. The topological polar surface area (TPSA) is 32.5 Å². The highest BCUT2D eigenvalue weighted by Crippen LogP contribution is 2.26. The highest BCUT2D eigenvalue weighted by Gasteiger charge is 2.20. The summed E-state index contributed by atoms with van der Waals surface area (Å²) in [4.78, 5) is 4.43. The number of para-hydroxylation sites is 1. The largest absolute Gasteiger partial charge is 0.399 e. The molecular formula is C17H20FN3. The van der Waals surface area contributed by atoms with Crippen molar-refractivity contribution in [3.05, 3.63) is 53.8 Å². The highest BCUT2D eigenvalue weighted by molar-refractivity contribution is 5.62. The van der Waals surface area contributed by atoms with Crippen LogP contribution in [0, 0.1) is 12.7 Å². The molecule has 2 N–H and O–H groups in total. The Morgan fingerprint density at radius 1 is 0.905 bits per heavy atom. The zero-order valence-corrected chi connectivity index (χ0v) is 12.2. The first-order valence-electron chi connectivity index (χ1n) is 7.26. The highest BCUT2D eigenvalue weighted by atomic mass is 19.1. The summed E-state index contributed by atoms with van der Waals surface area (Å²) in [5, 5.41) is 0. The third kappa shape index (κ3) is 2.79. The van der Waals surface area contributed by atoms with Crippen molar-refractivity contribution in [2.45, 2.75) is 6.92 Å². The zero-order valence-electron chi connectivity index (χ0n) is 12.2. The van der Waals surface area contributed by atoms with Crippen LogP contribution in [-0.2, 0) is 0 Å². The van der Waals surface area contributed by atoms with Crippen LogP contribution in [0.1, 0.15) is 5.56 Å². The van der Waals surface area contributed by atoms with Crippen LogP contribution in [0.25, 0.3) is 0 Å². The lowest BCUT2D eigenvalue weighted by atomic mass is 10.1. The molecule has 21 heavy (non-hydrogen) atoms. The lowest BCUT2D eigenvalue weighted by Crippen LogP contribution is -2.47. The minimum atomic E-state index is -0.147. The Hall–Kier alpha value is -2.23. The van der Waals surface area contributed by atoms with E-state index in [1.165, 1.54) is 17.3 Å². The quantitative estimate of drug-likeness (QED) is 0.861. The number of rotatable bonds is 2. The van der Waals surface area contributed by atoms with Gasteiger partial charge in [-0.15, -0.1) is 0 Å². The molecule has 3 nitrogen and oxygen atoms in total. The van der Waals surface area contributed by atoms with E-state index < -0.39 is 0 Å². The average molecular weight is 285 g/mol. The maximum atomic E-state index is 13.8. The summed E-state index contributed by atoms with van der Waals surface area (Å²) in [5.74, 6) is -0.147. The number of hydrogen-bond acceptors (Lipinski definition) is 3. The van der Waals surface area contributed by atoms with Crippen LogP contribution in [-0.4, -0.2) is 26.2 Å². The molecule has 1 fully saturated rings. The van der Waals surface area contributed by atoms with Gasteiger partial charge in [-0.25, -0.2) is 4.39 Å². The molecule has 110 valence electrons. The van der Waals surface area contributed by atoms with Crippen molar-refractivity contribution in [2.24, 2.45) is 0 Å². The third-order valence-corrected chi connectivity index (χ3v) is 4.05. The molecule has 3 rings (SSSR count). The van der Waals surface area contributed by atoms with Gasteiger partial charge in [0.15, 0.2) is 0 Å². The molecule has 1 heterocycles. The molecule has 1 aliphatic rings. The van der Waals surface area contributed by atoms with E-state index in [0.29, 0.717) is 5.69 Å². The minimum Gasteiger partial charge on any atom is -0.399 e. The molecule has 4 heteroatoms. The Kier molecular flexibility index (Phi) is 3.69. The number of nitrogen functional groups attached to an aromatic ring is 1. The van der Waals surface area contributed by atoms with E-state index in [0.717, 1.165) is 31.9 Å². The van der Waals surface area contributed by atoms with E-state index in [1.54, 1.807) is 6.07 Å². The number of nitrogens with two attached hydrogens (primary N) is 1. The number of hydrogen-bond donors (Lipinski definition) is 1. The van der Waals surface area contributed by atoms with Gasteiger partial charge in [0.1, 0.15) is 5.82 Å². The van der Waals surface area contributed by atoms with Gasteiger partial charge in [-0.05, 0) is 36.8 Å². The van der Waals surface area contributed by atoms with Gasteiger partial charge >= 0.3 is 0 Å². The van der Waals surface area contributed by atoms with Crippen molar-refractivity contribution >= 4 is 17.1 Å². The molecule has 0 radical (unpaired) electrons. The van der Waals surface area contributed by atoms with Crippen LogP contribution in [0.4, 0.5) is 21.5 Å². The van der Waals surface area contributed by atoms with Gasteiger partial charge in [-0.2, -0.15) is 0 Å². The molecule has 0 amide bonds. The van der Waals surface area contributed by atoms with Gasteiger partial charge in [-0.1, -0.05) is 18.2 Å². The lowest BCUT2D eigenvalue weighted by molar-refractivity contribution is 0.597. The van der Waals surface area contributed by atoms with Gasteiger partial charge in [0, 0.05) is 37.6 Å². The second kappa shape index (κ2) is 5.64. The Morgan fingerprint density at radius 3 is 2.19 bits per heavy atom. The summed E-state index contributed by atoms with van der Waals surface area (Å²) in [6.07, 6.45) is 0. The van der Waals surface area contributed by atoms with Crippen molar-refractivity contribution in [3.8, 4) is 0 Å². The summed E-state index contributed by atoms with van der Waals surface area (Å²) in [6.45, 7) is 5.47. The van der Waals surface area contributed by atoms with Crippen molar-refractivity contribution in [3.63, 3.8) is 0 Å². The first-order chi connectivity index (χ1) is 10.1. The molecule has 2 aromatic rings. The Bertz CT molecular complexity index is 634. The summed E-state index contributed by atoms with van der Waals surface area (Å²) < 4.78 is 13.8. The van der Waals surface area contributed by atoms with Gasteiger partial charge in [-0.3, -0.25) is 0 Å². The van der Waals surface area contributed by atoms with Gasteiger partial charge < -0.3 is 15.5 Å². The molecule has 0 aliphatic carbocycles. The van der Waals surface area contributed by atoms with E-state index in [9.17, 15) is 4.39 Å². The van der Waals surface area contributed by atoms with Crippen LogP contribution in [0.15, 0.2) is 42.5 Å². The number of halogens is 1. The number of nitrogens with zero attached hydrogens (tertiary/aromatic N) is 2. The van der Waals surface area contributed by atoms with Crippen LogP contribution < -0.4 is 15.5 Å². The van der Waals surface area contributed by atoms with E-state index in [1.807, 2.05) is 30.3 Å². The molecule has 2 aromatic carbocycles. The summed E-state index contributed by atoms with van der Waals surface area (Å²) in [6, 6.07) is 13.0. The fraction of sp³-hybridized carbons (Fsp3) is 0.294. The average Bonchev–Trinajstić information content (AvgIpc) is 2.50. The van der Waals surface area contributed by atoms with E-state index in [-0.39, 0.29) is 5.82 Å². The van der Waals surface area contributed by atoms with Crippen LogP contribution >= 0.6 is 0 Å². The molecular weight excluding hydrogens is 265 g/mol. The lowest BCUT2D eigenvalue weighted by Gasteiger charge is -2.38. The predicted octanol–water partition coefficient (Wildman–Crippen LogP) is 3.04. The van der Waals surface area contributed by atoms with Gasteiger partial charge in [0.25, 0.3) is 0 Å². The first-order valence-corrected chi connectivity index (χ1v) is 7.26. The first kappa shape index (κ1) is 13.7. The normalized spacial score (nSPS) is 15.3. The van der Waals surface area contributed by atoms with Crippen molar-refractivity contribution < 1.29 is 4.39 Å². The van der Waals surface area contributed by atoms with Gasteiger partial charge in [0.2, 0.25) is 0 Å². The SMILES string of the molecule is Cc1ccc(N)cc1N1CCN(c2ccccc2F)CC1. The van der Waals surface area contributed by atoms with Crippen LogP contribution in [0.3, 0.4) is 0 Å². The number of aryl methyl sites for hydroxylation is 1. The van der Waals surface area contributed by atoms with Gasteiger partial charge in [0.05, 0.1) is 5.69 Å². The molecule has 0 saturated carbocycles. The van der Waals surface area contributed by atoms with Crippen LogP contribution in [0.2, 0.25) is 0 Å². The molecule has 1 aliphatic heterocycles. The van der Waals surface area contributed by atoms with E-state index in [4.69, 9.17) is 5.73 Å². The van der Waals surface area contributed by atoms with E-state index >= 15 is 0 Å². The molecule has 0 bridgehead atoms. The summed E-state index contributed by atoms with van der Waals surface area (Å²) in [5.41, 5.74) is 9.77. The third-order valence-electron chi connectivity index (χ3n) is 4.05.